The highest BCUT2D eigenvalue weighted by molar-refractivity contribution is 8.00. The maximum absolute atomic E-state index is 9.07. The van der Waals surface area contributed by atoms with Gasteiger partial charge >= 0.3 is 0 Å². The lowest BCUT2D eigenvalue weighted by Crippen LogP contribution is -2.34. The van der Waals surface area contributed by atoms with Gasteiger partial charge in [0.2, 0.25) is 0 Å². The average molecular weight is 159 g/mol. The highest BCUT2D eigenvalue weighted by Crippen LogP contribution is 2.70. The van der Waals surface area contributed by atoms with Gasteiger partial charge in [-0.25, -0.2) is 0 Å². The second-order valence-corrected chi connectivity index (χ2v) is 4.58. The number of hydrogen-bond donors (Lipinski definition) is 2. The van der Waals surface area contributed by atoms with Crippen molar-refractivity contribution >= 4 is 11.8 Å². The third-order valence-corrected chi connectivity index (χ3v) is 4.64. The van der Waals surface area contributed by atoms with Gasteiger partial charge in [-0.1, -0.05) is 0 Å². The zero-order valence-corrected chi connectivity index (χ0v) is 6.78. The molecule has 0 amide bonds. The van der Waals surface area contributed by atoms with Gasteiger partial charge < -0.3 is 10.8 Å². The second kappa shape index (κ2) is 1.90. The van der Waals surface area contributed by atoms with E-state index < -0.39 is 0 Å². The molecule has 0 aromatic carbocycles. The molecule has 1 saturated heterocycles. The lowest BCUT2D eigenvalue weighted by Gasteiger charge is -2.30. The summed E-state index contributed by atoms with van der Waals surface area (Å²) in [4.78, 5) is 0. The molecule has 3 N–H and O–H groups in total. The Hall–Kier alpha value is 0.270. The summed E-state index contributed by atoms with van der Waals surface area (Å²) in [5.41, 5.74) is 6.21. The predicted molar refractivity (Wildman–Crippen MR) is 42.9 cm³/mol. The molecule has 2 aliphatic rings. The molecule has 0 radical (unpaired) electrons. The Balaban J connectivity index is 2.06. The first-order valence-electron chi connectivity index (χ1n) is 3.67. The first-order chi connectivity index (χ1) is 4.79. The summed E-state index contributed by atoms with van der Waals surface area (Å²) in [6.07, 6.45) is 1.17. The molecule has 58 valence electrons. The van der Waals surface area contributed by atoms with E-state index in [2.05, 4.69) is 0 Å². The fraction of sp³-hybridized carbons (Fsp3) is 1.00. The zero-order chi connectivity index (χ0) is 7.24. The second-order valence-electron chi connectivity index (χ2n) is 3.59. The minimum atomic E-state index is 0.137. The van der Waals surface area contributed by atoms with E-state index in [1.165, 1.54) is 17.9 Å². The minimum Gasteiger partial charge on any atom is -0.396 e. The highest BCUT2D eigenvalue weighted by atomic mass is 32.2. The quantitative estimate of drug-likeness (QED) is 0.599. The Morgan fingerprint density at radius 1 is 1.50 bits per heavy atom. The summed E-state index contributed by atoms with van der Waals surface area (Å²) < 4.78 is 0. The van der Waals surface area contributed by atoms with Crippen molar-refractivity contribution in [3.63, 3.8) is 0 Å². The lowest BCUT2D eigenvalue weighted by atomic mass is 9.96. The van der Waals surface area contributed by atoms with Crippen LogP contribution in [-0.2, 0) is 0 Å². The van der Waals surface area contributed by atoms with Crippen LogP contribution in [0.4, 0.5) is 0 Å². The molecule has 1 aliphatic carbocycles. The average Bonchev–Trinajstić information content (AvgIpc) is 2.57. The van der Waals surface area contributed by atoms with Crippen LogP contribution in [-0.4, -0.2) is 29.8 Å². The van der Waals surface area contributed by atoms with Crippen molar-refractivity contribution in [1.82, 2.24) is 0 Å². The molecule has 3 heteroatoms. The Labute approximate surface area is 65.2 Å². The van der Waals surface area contributed by atoms with Crippen molar-refractivity contribution in [2.75, 3.05) is 24.7 Å². The molecule has 1 saturated carbocycles. The normalized spacial score (nSPS) is 41.4. The van der Waals surface area contributed by atoms with Crippen LogP contribution in [0.5, 0.6) is 0 Å². The Kier molecular flexibility index (Phi) is 1.32. The highest BCUT2D eigenvalue weighted by Gasteiger charge is 2.68. The summed E-state index contributed by atoms with van der Waals surface area (Å²) in [5, 5.41) is 9.07. The Morgan fingerprint density at radius 2 is 2.20 bits per heavy atom. The molecule has 2 rings (SSSR count). The number of aliphatic hydroxyl groups is 1. The van der Waals surface area contributed by atoms with Crippen molar-refractivity contribution in [2.24, 2.45) is 16.6 Å². The number of aliphatic hydroxyl groups excluding tert-OH is 1. The first kappa shape index (κ1) is 6.95. The van der Waals surface area contributed by atoms with Crippen molar-refractivity contribution in [2.45, 2.75) is 6.42 Å². The van der Waals surface area contributed by atoms with Gasteiger partial charge in [0.1, 0.15) is 0 Å². The molecule has 0 aromatic rings. The van der Waals surface area contributed by atoms with E-state index in [0.717, 1.165) is 0 Å². The summed E-state index contributed by atoms with van der Waals surface area (Å²) in [7, 11) is 0. The number of nitrogens with two attached hydrogens (primary N) is 1. The topological polar surface area (TPSA) is 46.2 Å². The van der Waals surface area contributed by atoms with Crippen molar-refractivity contribution in [1.29, 1.82) is 0 Å². The summed E-state index contributed by atoms with van der Waals surface area (Å²) in [6.45, 7) is 0.966. The van der Waals surface area contributed by atoms with E-state index in [0.29, 0.717) is 18.6 Å². The number of rotatable bonds is 2. The van der Waals surface area contributed by atoms with Crippen LogP contribution in [0.25, 0.3) is 0 Å². The maximum Gasteiger partial charge on any atom is 0.0505 e. The van der Waals surface area contributed by atoms with Crippen LogP contribution < -0.4 is 5.73 Å². The van der Waals surface area contributed by atoms with Gasteiger partial charge in [0, 0.05) is 23.5 Å². The first-order valence-corrected chi connectivity index (χ1v) is 4.83. The van der Waals surface area contributed by atoms with Gasteiger partial charge in [-0.2, -0.15) is 11.8 Å². The molecular formula is C7H13NOS. The Morgan fingerprint density at radius 3 is 2.30 bits per heavy atom. The van der Waals surface area contributed by atoms with Crippen LogP contribution in [0.3, 0.4) is 0 Å². The van der Waals surface area contributed by atoms with Crippen LogP contribution in [0.2, 0.25) is 0 Å². The van der Waals surface area contributed by atoms with E-state index in [1.807, 2.05) is 11.8 Å². The molecule has 1 aliphatic heterocycles. The van der Waals surface area contributed by atoms with Gasteiger partial charge in [-0.05, 0) is 11.8 Å². The molecule has 1 heterocycles. The van der Waals surface area contributed by atoms with Crippen LogP contribution in [0.15, 0.2) is 0 Å². The van der Waals surface area contributed by atoms with Gasteiger partial charge in [0.15, 0.2) is 0 Å². The summed E-state index contributed by atoms with van der Waals surface area (Å²) in [6, 6.07) is 0. The van der Waals surface area contributed by atoms with Gasteiger partial charge in [0.05, 0.1) is 6.61 Å². The molecule has 1 atom stereocenters. The third-order valence-electron chi connectivity index (χ3n) is 3.13. The molecule has 1 unspecified atom stereocenters. The summed E-state index contributed by atoms with van der Waals surface area (Å²) >= 11 is 1.97. The van der Waals surface area contributed by atoms with Crippen molar-refractivity contribution < 1.29 is 5.11 Å². The number of thioether (sulfide) groups is 1. The number of hydrogen-bond acceptors (Lipinski definition) is 3. The predicted octanol–water partition coefficient (Wildman–Crippen LogP) is 0.0607. The van der Waals surface area contributed by atoms with Crippen LogP contribution in [0.1, 0.15) is 6.42 Å². The summed E-state index contributed by atoms with van der Waals surface area (Å²) in [5.74, 6) is 2.45. The molecule has 2 nitrogen and oxygen atoms in total. The van der Waals surface area contributed by atoms with Gasteiger partial charge in [-0.15, -0.1) is 0 Å². The van der Waals surface area contributed by atoms with Crippen molar-refractivity contribution in [3.8, 4) is 0 Å². The third kappa shape index (κ3) is 0.588. The van der Waals surface area contributed by atoms with Gasteiger partial charge in [-0.3, -0.25) is 0 Å². The smallest absolute Gasteiger partial charge is 0.0505 e. The molecule has 1 spiro atoms. The maximum atomic E-state index is 9.07. The van der Waals surface area contributed by atoms with Crippen LogP contribution >= 0.6 is 11.8 Å². The van der Waals surface area contributed by atoms with E-state index in [9.17, 15) is 0 Å². The standard InChI is InChI=1S/C7H13NOS/c8-2-6(3-9)1-7(6)4-10-5-7/h9H,1-5,8H2. The molecular weight excluding hydrogens is 146 g/mol. The fourth-order valence-electron chi connectivity index (χ4n) is 1.94. The van der Waals surface area contributed by atoms with E-state index >= 15 is 0 Å². The van der Waals surface area contributed by atoms with Crippen LogP contribution in [0, 0.1) is 10.8 Å². The minimum absolute atomic E-state index is 0.137. The fourth-order valence-corrected chi connectivity index (χ4v) is 3.45. The molecule has 2 fully saturated rings. The van der Waals surface area contributed by atoms with Gasteiger partial charge in [0.25, 0.3) is 0 Å². The Bertz CT molecular complexity index is 152. The van der Waals surface area contributed by atoms with Crippen molar-refractivity contribution in [3.05, 3.63) is 0 Å². The SMILES string of the molecule is NCC1(CO)CC12CSC2. The molecule has 10 heavy (non-hydrogen) atoms. The largest absolute Gasteiger partial charge is 0.396 e. The van der Waals surface area contributed by atoms with E-state index in [-0.39, 0.29) is 5.41 Å². The van der Waals surface area contributed by atoms with E-state index in [4.69, 9.17) is 10.8 Å². The lowest BCUT2D eigenvalue weighted by molar-refractivity contribution is 0.185. The molecule has 0 aromatic heterocycles. The zero-order valence-electron chi connectivity index (χ0n) is 5.97. The monoisotopic (exact) mass is 159 g/mol. The molecule has 0 bridgehead atoms. The van der Waals surface area contributed by atoms with E-state index in [1.54, 1.807) is 0 Å².